The van der Waals surface area contributed by atoms with Gasteiger partial charge in [0.1, 0.15) is 6.07 Å². The van der Waals surface area contributed by atoms with E-state index in [4.69, 9.17) is 5.26 Å². The van der Waals surface area contributed by atoms with Crippen LogP contribution in [0.15, 0.2) is 53.4 Å². The van der Waals surface area contributed by atoms with E-state index in [1.807, 2.05) is 6.07 Å². The Balaban J connectivity index is 1.84. The molecule has 3 rings (SSSR count). The van der Waals surface area contributed by atoms with Crippen LogP contribution in [0.1, 0.15) is 41.6 Å². The Hall–Kier alpha value is -2.69. The molecule has 0 bridgehead atoms. The van der Waals surface area contributed by atoms with E-state index in [1.165, 1.54) is 16.4 Å². The predicted octanol–water partition coefficient (Wildman–Crippen LogP) is 3.38. The number of hydrogen-bond donors (Lipinski definition) is 1. The third-order valence-electron chi connectivity index (χ3n) is 4.59. The highest BCUT2D eigenvalue weighted by Crippen LogP contribution is 2.22. The van der Waals surface area contributed by atoms with Gasteiger partial charge in [-0.3, -0.25) is 4.79 Å². The summed E-state index contributed by atoms with van der Waals surface area (Å²) in [5.74, 6) is -0.453. The maximum Gasteiger partial charge on any atom is 0.255 e. The second-order valence-electron chi connectivity index (χ2n) is 6.46. The summed E-state index contributed by atoms with van der Waals surface area (Å²) in [6.07, 6.45) is 3.77. The maximum absolute atomic E-state index is 12.9. The molecule has 2 aromatic rings. The topological polar surface area (TPSA) is 90.3 Å². The summed E-state index contributed by atoms with van der Waals surface area (Å²) in [5, 5.41) is 11.8. The van der Waals surface area contributed by atoms with Crippen LogP contribution < -0.4 is 5.32 Å². The Kier molecular flexibility index (Phi) is 5.89. The number of carbonyl (C=O) groups excluding carboxylic acids is 1. The third-order valence-corrected chi connectivity index (χ3v) is 6.49. The second kappa shape index (κ2) is 8.33. The fraction of sp³-hybridized carbons (Fsp3) is 0.300. The van der Waals surface area contributed by atoms with Crippen molar-refractivity contribution in [1.82, 2.24) is 4.31 Å². The molecule has 1 aliphatic rings. The molecule has 0 aromatic heterocycles. The summed E-state index contributed by atoms with van der Waals surface area (Å²) in [6.45, 7) is 1.02. The Morgan fingerprint density at radius 1 is 1.00 bits per heavy atom. The molecule has 0 saturated carbocycles. The molecule has 7 heteroatoms. The number of hydrogen-bond acceptors (Lipinski definition) is 4. The number of nitriles is 1. The first kappa shape index (κ1) is 19.1. The molecule has 0 spiro atoms. The molecule has 1 N–H and O–H groups in total. The number of sulfonamides is 1. The molecule has 1 saturated heterocycles. The van der Waals surface area contributed by atoms with Crippen molar-refractivity contribution in [2.24, 2.45) is 0 Å². The second-order valence-corrected chi connectivity index (χ2v) is 8.40. The fourth-order valence-electron chi connectivity index (χ4n) is 3.11. The van der Waals surface area contributed by atoms with Crippen LogP contribution >= 0.6 is 0 Å². The molecule has 2 aromatic carbocycles. The molecular formula is C20H21N3O3S. The molecule has 27 heavy (non-hydrogen) atoms. The zero-order chi connectivity index (χ0) is 19.3. The Bertz CT molecular complexity index is 972. The van der Waals surface area contributed by atoms with Crippen LogP contribution in [-0.4, -0.2) is 31.7 Å². The van der Waals surface area contributed by atoms with E-state index < -0.39 is 15.9 Å². The molecule has 140 valence electrons. The van der Waals surface area contributed by atoms with Gasteiger partial charge in [-0.1, -0.05) is 31.0 Å². The Morgan fingerprint density at radius 2 is 1.70 bits per heavy atom. The van der Waals surface area contributed by atoms with Crippen LogP contribution in [0.3, 0.4) is 0 Å². The van der Waals surface area contributed by atoms with Crippen LogP contribution in [-0.2, 0) is 10.0 Å². The number of nitrogens with one attached hydrogen (secondary N) is 1. The van der Waals surface area contributed by atoms with Crippen molar-refractivity contribution in [3.05, 3.63) is 59.7 Å². The first-order valence-corrected chi connectivity index (χ1v) is 10.4. The Morgan fingerprint density at radius 3 is 2.41 bits per heavy atom. The lowest BCUT2D eigenvalue weighted by atomic mass is 10.1. The van der Waals surface area contributed by atoms with E-state index in [9.17, 15) is 13.2 Å². The fourth-order valence-corrected chi connectivity index (χ4v) is 4.68. The van der Waals surface area contributed by atoms with E-state index in [0.29, 0.717) is 24.3 Å². The van der Waals surface area contributed by atoms with E-state index in [1.54, 1.807) is 36.4 Å². The van der Waals surface area contributed by atoms with Gasteiger partial charge < -0.3 is 5.32 Å². The maximum atomic E-state index is 12.9. The van der Waals surface area contributed by atoms with E-state index >= 15 is 0 Å². The minimum atomic E-state index is -3.63. The first-order chi connectivity index (χ1) is 13.0. The minimum Gasteiger partial charge on any atom is -0.321 e. The van der Waals surface area contributed by atoms with Gasteiger partial charge in [0.2, 0.25) is 10.0 Å². The van der Waals surface area contributed by atoms with Crippen molar-refractivity contribution in [2.45, 2.75) is 30.6 Å². The minimum absolute atomic E-state index is 0.116. The summed E-state index contributed by atoms with van der Waals surface area (Å²) in [7, 11) is -3.63. The molecule has 1 aliphatic heterocycles. The highest BCUT2D eigenvalue weighted by Gasteiger charge is 2.25. The van der Waals surface area contributed by atoms with E-state index in [-0.39, 0.29) is 10.5 Å². The molecule has 1 heterocycles. The number of para-hydroxylation sites is 1. The van der Waals surface area contributed by atoms with Crippen molar-refractivity contribution >= 4 is 21.6 Å². The molecule has 0 unspecified atom stereocenters. The number of rotatable bonds is 4. The van der Waals surface area contributed by atoms with Gasteiger partial charge in [-0.05, 0) is 43.2 Å². The van der Waals surface area contributed by atoms with Crippen LogP contribution in [0.5, 0.6) is 0 Å². The van der Waals surface area contributed by atoms with Gasteiger partial charge in [0.05, 0.1) is 16.1 Å². The van der Waals surface area contributed by atoms with Gasteiger partial charge in [0.15, 0.2) is 0 Å². The largest absolute Gasteiger partial charge is 0.321 e. The monoisotopic (exact) mass is 383 g/mol. The molecule has 0 aliphatic carbocycles. The van der Waals surface area contributed by atoms with E-state index in [0.717, 1.165) is 25.7 Å². The van der Waals surface area contributed by atoms with Crippen molar-refractivity contribution in [2.75, 3.05) is 18.4 Å². The first-order valence-electron chi connectivity index (χ1n) is 8.93. The average molecular weight is 383 g/mol. The molecule has 1 amide bonds. The smallest absolute Gasteiger partial charge is 0.255 e. The normalized spacial score (nSPS) is 15.5. The average Bonchev–Trinajstić information content (AvgIpc) is 2.98. The summed E-state index contributed by atoms with van der Waals surface area (Å²) in [4.78, 5) is 12.7. The summed E-state index contributed by atoms with van der Waals surface area (Å²) in [6, 6.07) is 14.7. The highest BCUT2D eigenvalue weighted by atomic mass is 32.2. The van der Waals surface area contributed by atoms with Crippen molar-refractivity contribution in [1.29, 1.82) is 5.26 Å². The molecule has 0 atom stereocenters. The van der Waals surface area contributed by atoms with Crippen LogP contribution in [0.2, 0.25) is 0 Å². The lowest BCUT2D eigenvalue weighted by Crippen LogP contribution is -2.32. The quantitative estimate of drug-likeness (QED) is 0.876. The molecular weight excluding hydrogens is 362 g/mol. The molecule has 1 fully saturated rings. The lowest BCUT2D eigenvalue weighted by Gasteiger charge is -2.20. The number of nitrogens with zero attached hydrogens (tertiary/aromatic N) is 2. The van der Waals surface area contributed by atoms with Gasteiger partial charge >= 0.3 is 0 Å². The van der Waals surface area contributed by atoms with Crippen molar-refractivity contribution in [3.8, 4) is 6.07 Å². The molecule has 6 nitrogen and oxygen atoms in total. The summed E-state index contributed by atoms with van der Waals surface area (Å²) < 4.78 is 27.4. The van der Waals surface area contributed by atoms with Crippen LogP contribution in [0, 0.1) is 11.3 Å². The lowest BCUT2D eigenvalue weighted by molar-refractivity contribution is 0.102. The number of carbonyl (C=O) groups is 1. The van der Waals surface area contributed by atoms with Gasteiger partial charge in [-0.25, -0.2) is 8.42 Å². The predicted molar refractivity (Wildman–Crippen MR) is 103 cm³/mol. The zero-order valence-corrected chi connectivity index (χ0v) is 15.7. The zero-order valence-electron chi connectivity index (χ0n) is 14.9. The third kappa shape index (κ3) is 4.35. The number of benzene rings is 2. The standard InChI is InChI=1S/C20H21N3O3S/c21-15-17-8-3-4-11-19(17)22-20(24)16-9-7-10-18(14-16)27(25,26)23-12-5-1-2-6-13-23/h3-4,7-11,14H,1-2,5-6,12-13H2,(H,22,24). The van der Waals surface area contributed by atoms with Crippen molar-refractivity contribution < 1.29 is 13.2 Å². The van der Waals surface area contributed by atoms with Gasteiger partial charge in [0.25, 0.3) is 5.91 Å². The summed E-state index contributed by atoms with van der Waals surface area (Å²) in [5.41, 5.74) is 0.976. The Labute approximate surface area is 159 Å². The van der Waals surface area contributed by atoms with Gasteiger partial charge in [-0.2, -0.15) is 9.57 Å². The van der Waals surface area contributed by atoms with Crippen molar-refractivity contribution in [3.63, 3.8) is 0 Å². The number of amides is 1. The highest BCUT2D eigenvalue weighted by molar-refractivity contribution is 7.89. The van der Waals surface area contributed by atoms with Crippen LogP contribution in [0.25, 0.3) is 0 Å². The van der Waals surface area contributed by atoms with Gasteiger partial charge in [-0.15, -0.1) is 0 Å². The number of anilines is 1. The SMILES string of the molecule is N#Cc1ccccc1NC(=O)c1cccc(S(=O)(=O)N2CCCCCC2)c1. The van der Waals surface area contributed by atoms with E-state index in [2.05, 4.69) is 5.32 Å². The van der Waals surface area contributed by atoms with Crippen LogP contribution in [0.4, 0.5) is 5.69 Å². The molecule has 0 radical (unpaired) electrons. The van der Waals surface area contributed by atoms with Gasteiger partial charge in [0, 0.05) is 18.7 Å². The summed E-state index contributed by atoms with van der Waals surface area (Å²) >= 11 is 0.